The molecule has 0 fully saturated rings. The van der Waals surface area contributed by atoms with E-state index in [1.54, 1.807) is 75.4 Å². The first-order valence-electron chi connectivity index (χ1n) is 14.1. The van der Waals surface area contributed by atoms with Crippen molar-refractivity contribution in [3.8, 4) is 5.75 Å². The summed E-state index contributed by atoms with van der Waals surface area (Å²) in [5, 5.41) is 4.14. The van der Waals surface area contributed by atoms with Gasteiger partial charge in [0.25, 0.3) is 21.8 Å². The highest BCUT2D eigenvalue weighted by Gasteiger charge is 2.45. The van der Waals surface area contributed by atoms with Gasteiger partial charge in [-0.15, -0.1) is 0 Å². The van der Waals surface area contributed by atoms with Gasteiger partial charge in [0.1, 0.15) is 22.6 Å². The molecule has 4 aromatic rings. The molecule has 13 heteroatoms. The number of carbonyl (C=O) groups is 2. The number of anilines is 1. The lowest BCUT2D eigenvalue weighted by Crippen LogP contribution is -2.54. The molecule has 0 bridgehead atoms. The number of amides is 2. The number of ether oxygens (including phenoxy) is 1. The Morgan fingerprint density at radius 2 is 1.78 bits per heavy atom. The Balaban J connectivity index is 1.43. The average molecular weight is 670 g/mol. The Hall–Kier alpha value is -4.19. The molecule has 0 unspecified atom stereocenters. The number of imide groups is 1. The Bertz CT molecular complexity index is 1960. The number of aromatic nitrogens is 2. The summed E-state index contributed by atoms with van der Waals surface area (Å²) in [5.74, 6) is -1.26. The smallest absolute Gasteiger partial charge is 0.269 e. The SMILES string of the molecule is CCn1cc(S(=O)(=O)N2C[C@H]([C@@H](C)N3C(=O)c4ccccc4C3=O)Oc3ccc(/C=C(\C)c4c(F)cccc4Cl)cc32)c(Cl)n1. The Kier molecular flexibility index (Phi) is 7.96. The van der Waals surface area contributed by atoms with Gasteiger partial charge < -0.3 is 4.74 Å². The van der Waals surface area contributed by atoms with Gasteiger partial charge in [-0.2, -0.15) is 5.10 Å². The van der Waals surface area contributed by atoms with Crippen LogP contribution in [0.3, 0.4) is 0 Å². The van der Waals surface area contributed by atoms with Crippen molar-refractivity contribution in [1.82, 2.24) is 14.7 Å². The fraction of sp³-hybridized carbons (Fsp3) is 0.219. The van der Waals surface area contributed by atoms with Crippen molar-refractivity contribution in [1.29, 1.82) is 0 Å². The molecular weight excluding hydrogens is 642 g/mol. The van der Waals surface area contributed by atoms with Gasteiger partial charge in [0.2, 0.25) is 0 Å². The number of nitrogens with zero attached hydrogens (tertiary/aromatic N) is 4. The van der Waals surface area contributed by atoms with Crippen molar-refractivity contribution in [2.75, 3.05) is 10.8 Å². The van der Waals surface area contributed by atoms with E-state index < -0.39 is 39.8 Å². The van der Waals surface area contributed by atoms with Crippen LogP contribution in [0.5, 0.6) is 5.75 Å². The Labute approximate surface area is 269 Å². The maximum Gasteiger partial charge on any atom is 0.269 e. The van der Waals surface area contributed by atoms with Crippen LogP contribution in [0, 0.1) is 5.82 Å². The van der Waals surface area contributed by atoms with Crippen molar-refractivity contribution in [3.63, 3.8) is 0 Å². The Morgan fingerprint density at radius 3 is 2.40 bits per heavy atom. The van der Waals surface area contributed by atoms with Crippen molar-refractivity contribution < 1.29 is 27.1 Å². The van der Waals surface area contributed by atoms with Crippen molar-refractivity contribution in [2.24, 2.45) is 0 Å². The number of aryl methyl sites for hydroxylation is 1. The van der Waals surface area contributed by atoms with Gasteiger partial charge >= 0.3 is 0 Å². The molecule has 1 aromatic heterocycles. The number of rotatable bonds is 7. The molecule has 232 valence electrons. The van der Waals surface area contributed by atoms with E-state index in [9.17, 15) is 22.4 Å². The zero-order valence-corrected chi connectivity index (χ0v) is 26.7. The van der Waals surface area contributed by atoms with Gasteiger partial charge in [0.15, 0.2) is 5.15 Å². The number of hydrogen-bond donors (Lipinski definition) is 0. The monoisotopic (exact) mass is 668 g/mol. The molecule has 2 amide bonds. The van der Waals surface area contributed by atoms with Crippen LogP contribution in [-0.2, 0) is 16.6 Å². The summed E-state index contributed by atoms with van der Waals surface area (Å²) < 4.78 is 52.0. The first-order valence-corrected chi connectivity index (χ1v) is 16.3. The van der Waals surface area contributed by atoms with Crippen LogP contribution in [0.1, 0.15) is 52.6 Å². The molecule has 0 saturated carbocycles. The minimum Gasteiger partial charge on any atom is -0.484 e. The molecule has 45 heavy (non-hydrogen) atoms. The number of allylic oxidation sites excluding steroid dienone is 1. The van der Waals surface area contributed by atoms with Crippen LogP contribution in [-0.4, -0.2) is 53.6 Å². The average Bonchev–Trinajstić information content (AvgIpc) is 3.52. The van der Waals surface area contributed by atoms with Crippen molar-refractivity contribution >= 4 is 62.4 Å². The lowest BCUT2D eigenvalue weighted by molar-refractivity contribution is 0.0435. The van der Waals surface area contributed by atoms with Crippen LogP contribution < -0.4 is 9.04 Å². The minimum atomic E-state index is -4.33. The zero-order chi connectivity index (χ0) is 32.2. The molecule has 9 nitrogen and oxygen atoms in total. The van der Waals surface area contributed by atoms with E-state index in [-0.39, 0.29) is 49.7 Å². The molecule has 2 aliphatic rings. The second kappa shape index (κ2) is 11.6. The summed E-state index contributed by atoms with van der Waals surface area (Å²) in [4.78, 5) is 27.4. The van der Waals surface area contributed by atoms with Gasteiger partial charge in [-0.25, -0.2) is 12.8 Å². The third kappa shape index (κ3) is 5.28. The van der Waals surface area contributed by atoms with E-state index in [4.69, 9.17) is 27.9 Å². The summed E-state index contributed by atoms with van der Waals surface area (Å²) in [7, 11) is -4.33. The summed E-state index contributed by atoms with van der Waals surface area (Å²) in [6.45, 7) is 5.28. The number of fused-ring (bicyclic) bond motifs is 2. The van der Waals surface area contributed by atoms with Gasteiger partial charge in [0, 0.05) is 18.3 Å². The van der Waals surface area contributed by atoms with E-state index >= 15 is 0 Å². The highest BCUT2D eigenvalue weighted by molar-refractivity contribution is 7.93. The van der Waals surface area contributed by atoms with Crippen LogP contribution >= 0.6 is 23.2 Å². The summed E-state index contributed by atoms with van der Waals surface area (Å²) in [6.07, 6.45) is 2.10. The Morgan fingerprint density at radius 1 is 1.09 bits per heavy atom. The molecule has 0 spiro atoms. The fourth-order valence-electron chi connectivity index (χ4n) is 5.63. The van der Waals surface area contributed by atoms with Crippen LogP contribution in [0.15, 0.2) is 71.8 Å². The quantitative estimate of drug-likeness (QED) is 0.164. The lowest BCUT2D eigenvalue weighted by Gasteiger charge is -2.39. The fourth-order valence-corrected chi connectivity index (χ4v) is 7.87. The van der Waals surface area contributed by atoms with E-state index in [0.717, 1.165) is 9.21 Å². The van der Waals surface area contributed by atoms with Gasteiger partial charge in [-0.3, -0.25) is 23.5 Å². The summed E-state index contributed by atoms with van der Waals surface area (Å²) in [5.41, 5.74) is 2.05. The number of halogens is 3. The standard InChI is InChI=1S/C32H27Cl2FN4O5S/c1-4-37-17-28(30(34)36-37)45(42,43)38-16-27(19(3)39-31(40)21-8-5-6-9-22(21)32(39)41)44-26-13-12-20(15-25(26)38)14-18(2)29-23(33)10-7-11-24(29)35/h5-15,17,19,27H,4,16H2,1-3H3/b18-14+/t19-,27-/m1/s1. The zero-order valence-electron chi connectivity index (χ0n) is 24.4. The van der Waals surface area contributed by atoms with Gasteiger partial charge in [0.05, 0.1) is 34.4 Å². The number of sulfonamides is 1. The number of hydrogen-bond acceptors (Lipinski definition) is 6. The van der Waals surface area contributed by atoms with Crippen LogP contribution in [0.2, 0.25) is 10.2 Å². The van der Waals surface area contributed by atoms with E-state index in [1.165, 1.54) is 23.0 Å². The minimum absolute atomic E-state index is 0.197. The van der Waals surface area contributed by atoms with E-state index in [1.807, 2.05) is 0 Å². The molecule has 3 heterocycles. The van der Waals surface area contributed by atoms with Crippen LogP contribution in [0.4, 0.5) is 10.1 Å². The molecule has 0 saturated heterocycles. The maximum atomic E-state index is 14.6. The second-order valence-electron chi connectivity index (χ2n) is 10.7. The first-order chi connectivity index (χ1) is 21.4. The molecule has 2 atom stereocenters. The molecule has 6 rings (SSSR count). The third-order valence-electron chi connectivity index (χ3n) is 7.96. The number of carbonyl (C=O) groups excluding carboxylic acids is 2. The molecule has 0 radical (unpaired) electrons. The van der Waals surface area contributed by atoms with Crippen LogP contribution in [0.25, 0.3) is 11.6 Å². The number of benzene rings is 3. The highest BCUT2D eigenvalue weighted by atomic mass is 35.5. The lowest BCUT2D eigenvalue weighted by atomic mass is 10.0. The molecule has 3 aromatic carbocycles. The van der Waals surface area contributed by atoms with E-state index in [2.05, 4.69) is 5.10 Å². The normalized spacial score (nSPS) is 17.3. The second-order valence-corrected chi connectivity index (χ2v) is 13.3. The van der Waals surface area contributed by atoms with Crippen molar-refractivity contribution in [2.45, 2.75) is 44.4 Å². The third-order valence-corrected chi connectivity index (χ3v) is 10.5. The van der Waals surface area contributed by atoms with Crippen molar-refractivity contribution in [3.05, 3.63) is 105 Å². The molecule has 0 aliphatic carbocycles. The van der Waals surface area contributed by atoms with Gasteiger partial charge in [-0.05, 0) is 68.3 Å². The molecule has 0 N–H and O–H groups in total. The predicted octanol–water partition coefficient (Wildman–Crippen LogP) is 6.55. The molecule has 2 aliphatic heterocycles. The maximum absolute atomic E-state index is 14.6. The first kappa shape index (κ1) is 30.8. The predicted molar refractivity (Wildman–Crippen MR) is 170 cm³/mol. The summed E-state index contributed by atoms with van der Waals surface area (Å²) in [6, 6.07) is 15.0. The van der Waals surface area contributed by atoms with E-state index in [0.29, 0.717) is 17.7 Å². The molecular formula is C32H27Cl2FN4O5S. The summed E-state index contributed by atoms with van der Waals surface area (Å²) >= 11 is 12.6. The topological polar surface area (TPSA) is 102 Å². The largest absolute Gasteiger partial charge is 0.484 e. The van der Waals surface area contributed by atoms with Gasteiger partial charge in [-0.1, -0.05) is 53.5 Å². The highest BCUT2D eigenvalue weighted by Crippen LogP contribution is 2.41.